The van der Waals surface area contributed by atoms with Gasteiger partial charge in [0.05, 0.1) is 13.2 Å². The third-order valence-corrected chi connectivity index (χ3v) is 3.86. The molecule has 21 heavy (non-hydrogen) atoms. The SMILES string of the molecule is CC(=O)N1CCN(C(=O)CN2CCOC(C(=O)O)C2)CC1. The zero-order chi connectivity index (χ0) is 15.4. The van der Waals surface area contributed by atoms with Crippen LogP contribution in [0, 0.1) is 0 Å². The molecule has 1 atom stereocenters. The standard InChI is InChI=1S/C13H21N3O5/c1-10(17)15-2-4-16(5-3-15)12(18)9-14-6-7-21-11(8-14)13(19)20/h11H,2-9H2,1H3,(H,19,20). The molecule has 1 unspecified atom stereocenters. The molecule has 2 saturated heterocycles. The summed E-state index contributed by atoms with van der Waals surface area (Å²) in [4.78, 5) is 39.6. The first-order valence-electron chi connectivity index (χ1n) is 7.07. The molecule has 2 heterocycles. The predicted molar refractivity (Wildman–Crippen MR) is 72.6 cm³/mol. The highest BCUT2D eigenvalue weighted by Crippen LogP contribution is 2.08. The molecule has 0 aliphatic carbocycles. The van der Waals surface area contributed by atoms with Gasteiger partial charge in [0.1, 0.15) is 0 Å². The maximum absolute atomic E-state index is 12.2. The summed E-state index contributed by atoms with van der Waals surface area (Å²) >= 11 is 0. The van der Waals surface area contributed by atoms with Crippen LogP contribution in [0.25, 0.3) is 0 Å². The zero-order valence-corrected chi connectivity index (χ0v) is 12.2. The number of piperazine rings is 1. The van der Waals surface area contributed by atoms with E-state index in [-0.39, 0.29) is 24.9 Å². The molecular formula is C13H21N3O5. The summed E-state index contributed by atoms with van der Waals surface area (Å²) in [6.45, 7) is 5.02. The van der Waals surface area contributed by atoms with Crippen LogP contribution >= 0.6 is 0 Å². The monoisotopic (exact) mass is 299 g/mol. The van der Waals surface area contributed by atoms with Crippen molar-refractivity contribution >= 4 is 17.8 Å². The van der Waals surface area contributed by atoms with Gasteiger partial charge in [0, 0.05) is 46.2 Å². The molecule has 8 heteroatoms. The topological polar surface area (TPSA) is 90.4 Å². The minimum absolute atomic E-state index is 0.0239. The summed E-state index contributed by atoms with van der Waals surface area (Å²) in [6.07, 6.45) is -0.860. The first-order valence-corrected chi connectivity index (χ1v) is 7.07. The predicted octanol–water partition coefficient (Wildman–Crippen LogP) is -1.54. The average molecular weight is 299 g/mol. The Bertz CT molecular complexity index is 420. The Kier molecular flexibility index (Phi) is 5.13. The number of hydrogen-bond donors (Lipinski definition) is 1. The van der Waals surface area contributed by atoms with Crippen molar-refractivity contribution in [2.45, 2.75) is 13.0 Å². The lowest BCUT2D eigenvalue weighted by Crippen LogP contribution is -2.54. The average Bonchev–Trinajstić information content (AvgIpc) is 2.47. The second kappa shape index (κ2) is 6.86. The van der Waals surface area contributed by atoms with E-state index >= 15 is 0 Å². The number of hydrogen-bond acceptors (Lipinski definition) is 5. The van der Waals surface area contributed by atoms with Crippen LogP contribution in [0.5, 0.6) is 0 Å². The van der Waals surface area contributed by atoms with E-state index in [9.17, 15) is 14.4 Å². The molecule has 0 bridgehead atoms. The summed E-state index contributed by atoms with van der Waals surface area (Å²) in [5.41, 5.74) is 0. The summed E-state index contributed by atoms with van der Waals surface area (Å²) in [7, 11) is 0. The van der Waals surface area contributed by atoms with Gasteiger partial charge >= 0.3 is 5.97 Å². The van der Waals surface area contributed by atoms with Crippen LogP contribution in [0.15, 0.2) is 0 Å². The minimum Gasteiger partial charge on any atom is -0.479 e. The van der Waals surface area contributed by atoms with Gasteiger partial charge in [0.2, 0.25) is 11.8 Å². The van der Waals surface area contributed by atoms with Crippen molar-refractivity contribution in [2.24, 2.45) is 0 Å². The van der Waals surface area contributed by atoms with Gasteiger partial charge in [0.25, 0.3) is 0 Å². The third-order valence-electron chi connectivity index (χ3n) is 3.86. The normalized spacial score (nSPS) is 24.0. The molecule has 0 saturated carbocycles. The van der Waals surface area contributed by atoms with Gasteiger partial charge in [-0.1, -0.05) is 0 Å². The van der Waals surface area contributed by atoms with E-state index in [1.807, 2.05) is 4.90 Å². The molecule has 2 rings (SSSR count). The summed E-state index contributed by atoms with van der Waals surface area (Å²) in [5, 5.41) is 8.94. The van der Waals surface area contributed by atoms with Gasteiger partial charge in [-0.3, -0.25) is 14.5 Å². The van der Waals surface area contributed by atoms with E-state index < -0.39 is 12.1 Å². The van der Waals surface area contributed by atoms with Crippen molar-refractivity contribution in [2.75, 3.05) is 52.4 Å². The number of aliphatic carboxylic acids is 1. The van der Waals surface area contributed by atoms with E-state index in [0.29, 0.717) is 39.3 Å². The lowest BCUT2D eigenvalue weighted by molar-refractivity contribution is -0.157. The second-order valence-electron chi connectivity index (χ2n) is 5.32. The molecule has 0 radical (unpaired) electrons. The molecular weight excluding hydrogens is 278 g/mol. The largest absolute Gasteiger partial charge is 0.479 e. The van der Waals surface area contributed by atoms with Crippen molar-refractivity contribution in [1.29, 1.82) is 0 Å². The van der Waals surface area contributed by atoms with Crippen LogP contribution < -0.4 is 0 Å². The smallest absolute Gasteiger partial charge is 0.334 e. The van der Waals surface area contributed by atoms with Gasteiger partial charge < -0.3 is 19.6 Å². The van der Waals surface area contributed by atoms with Crippen molar-refractivity contribution in [3.05, 3.63) is 0 Å². The third kappa shape index (κ3) is 4.15. The number of nitrogens with zero attached hydrogens (tertiary/aromatic N) is 3. The van der Waals surface area contributed by atoms with Crippen LogP contribution in [0.3, 0.4) is 0 Å². The number of carboxylic acids is 1. The maximum atomic E-state index is 12.2. The highest BCUT2D eigenvalue weighted by Gasteiger charge is 2.29. The Hall–Kier alpha value is -1.67. The van der Waals surface area contributed by atoms with Crippen molar-refractivity contribution in [3.8, 4) is 0 Å². The molecule has 2 fully saturated rings. The van der Waals surface area contributed by atoms with Gasteiger partial charge in [-0.2, -0.15) is 0 Å². The van der Waals surface area contributed by atoms with Crippen LogP contribution in [-0.2, 0) is 19.1 Å². The lowest BCUT2D eigenvalue weighted by atomic mass is 10.2. The molecule has 0 aromatic carbocycles. The number of carbonyl (C=O) groups excluding carboxylic acids is 2. The number of amides is 2. The van der Waals surface area contributed by atoms with Crippen LogP contribution in [-0.4, -0.2) is 96.1 Å². The van der Waals surface area contributed by atoms with E-state index in [1.165, 1.54) is 6.92 Å². The van der Waals surface area contributed by atoms with Gasteiger partial charge in [-0.05, 0) is 0 Å². The Morgan fingerprint density at radius 1 is 1.10 bits per heavy atom. The number of morpholine rings is 1. The fourth-order valence-electron chi connectivity index (χ4n) is 2.56. The molecule has 0 spiro atoms. The Morgan fingerprint density at radius 3 is 2.29 bits per heavy atom. The fraction of sp³-hybridized carbons (Fsp3) is 0.769. The van der Waals surface area contributed by atoms with E-state index in [1.54, 1.807) is 9.80 Å². The minimum atomic E-state index is -0.998. The molecule has 1 N–H and O–H groups in total. The van der Waals surface area contributed by atoms with Crippen molar-refractivity contribution in [1.82, 2.24) is 14.7 Å². The van der Waals surface area contributed by atoms with E-state index in [0.717, 1.165) is 0 Å². The summed E-state index contributed by atoms with van der Waals surface area (Å²) in [5.74, 6) is -0.994. The van der Waals surface area contributed by atoms with Crippen LogP contribution in [0.4, 0.5) is 0 Å². The fourth-order valence-corrected chi connectivity index (χ4v) is 2.56. The number of rotatable bonds is 3. The molecule has 2 amide bonds. The molecule has 2 aliphatic heterocycles. The number of carboxylic acid groups (broad SMARTS) is 1. The highest BCUT2D eigenvalue weighted by molar-refractivity contribution is 5.79. The lowest BCUT2D eigenvalue weighted by Gasteiger charge is -2.36. The molecule has 0 aromatic heterocycles. The van der Waals surface area contributed by atoms with Crippen LogP contribution in [0.1, 0.15) is 6.92 Å². The van der Waals surface area contributed by atoms with Crippen molar-refractivity contribution < 1.29 is 24.2 Å². The van der Waals surface area contributed by atoms with E-state index in [2.05, 4.69) is 0 Å². The Balaban J connectivity index is 1.79. The number of ether oxygens (including phenoxy) is 1. The highest BCUT2D eigenvalue weighted by atomic mass is 16.5. The van der Waals surface area contributed by atoms with E-state index in [4.69, 9.17) is 9.84 Å². The zero-order valence-electron chi connectivity index (χ0n) is 12.2. The molecule has 2 aliphatic rings. The Labute approximate surface area is 123 Å². The maximum Gasteiger partial charge on any atom is 0.334 e. The Morgan fingerprint density at radius 2 is 1.71 bits per heavy atom. The summed E-state index contributed by atoms with van der Waals surface area (Å²) in [6, 6.07) is 0. The first-order chi connectivity index (χ1) is 9.97. The molecule has 0 aromatic rings. The summed E-state index contributed by atoms with van der Waals surface area (Å²) < 4.78 is 5.13. The van der Waals surface area contributed by atoms with Gasteiger partial charge in [-0.25, -0.2) is 4.79 Å². The first kappa shape index (κ1) is 15.7. The van der Waals surface area contributed by atoms with Crippen LogP contribution in [0.2, 0.25) is 0 Å². The molecule has 8 nitrogen and oxygen atoms in total. The second-order valence-corrected chi connectivity index (χ2v) is 5.32. The quantitative estimate of drug-likeness (QED) is 0.679. The number of carbonyl (C=O) groups is 3. The van der Waals surface area contributed by atoms with Gasteiger partial charge in [0.15, 0.2) is 6.10 Å². The molecule has 118 valence electrons. The van der Waals surface area contributed by atoms with Gasteiger partial charge in [-0.15, -0.1) is 0 Å². The van der Waals surface area contributed by atoms with Crippen molar-refractivity contribution in [3.63, 3.8) is 0 Å².